The number of para-hydroxylation sites is 1. The lowest BCUT2D eigenvalue weighted by atomic mass is 9.74. The molecule has 0 aromatic heterocycles. The highest BCUT2D eigenvalue weighted by molar-refractivity contribution is 5.43. The molecule has 108 valence electrons. The average molecular weight is 263 g/mol. The van der Waals surface area contributed by atoms with E-state index in [0.717, 1.165) is 12.4 Å². The predicted molar refractivity (Wildman–Crippen MR) is 83.0 cm³/mol. The third-order valence-corrected chi connectivity index (χ3v) is 3.91. The Morgan fingerprint density at radius 2 is 1.58 bits per heavy atom. The number of nitrogens with zero attached hydrogens (tertiary/aromatic N) is 1. The summed E-state index contributed by atoms with van der Waals surface area (Å²) in [4.78, 5) is 2.41. The van der Waals surface area contributed by atoms with Crippen LogP contribution in [0.15, 0.2) is 24.3 Å². The number of piperidine rings is 1. The van der Waals surface area contributed by atoms with Gasteiger partial charge in [-0.15, -0.1) is 0 Å². The molecule has 0 atom stereocenters. The quantitative estimate of drug-likeness (QED) is 0.699. The number of hydrogen-bond acceptors (Lipinski definition) is 2. The highest BCUT2D eigenvalue weighted by atomic mass is 16.5. The highest BCUT2D eigenvalue weighted by Crippen LogP contribution is 2.44. The summed E-state index contributed by atoms with van der Waals surface area (Å²) in [6.45, 7) is 11.3. The molecule has 0 radical (unpaired) electrons. The topological polar surface area (TPSA) is 12.5 Å². The van der Waals surface area contributed by atoms with Gasteiger partial charge in [-0.25, -0.2) is 0 Å². The van der Waals surface area contributed by atoms with E-state index in [9.17, 15) is 0 Å². The van der Waals surface area contributed by atoms with Crippen molar-refractivity contribution in [3.8, 4) is 5.75 Å². The van der Waals surface area contributed by atoms with E-state index in [4.69, 9.17) is 4.74 Å². The zero-order valence-electron chi connectivity index (χ0n) is 13.2. The molecule has 2 heterocycles. The average Bonchev–Trinajstić information content (AvgIpc) is 2.86. The van der Waals surface area contributed by atoms with E-state index >= 15 is 0 Å². The SMILES string of the molecule is CC.CC.CN1CCC2(CC1)COc1ccccc12. The van der Waals surface area contributed by atoms with Gasteiger partial charge in [0.05, 0.1) is 6.61 Å². The first-order valence-electron chi connectivity index (χ1n) is 7.71. The van der Waals surface area contributed by atoms with Crippen LogP contribution in [0.25, 0.3) is 0 Å². The maximum Gasteiger partial charge on any atom is 0.123 e. The van der Waals surface area contributed by atoms with E-state index in [1.54, 1.807) is 0 Å². The summed E-state index contributed by atoms with van der Waals surface area (Å²) in [5.41, 5.74) is 1.77. The number of hydrogen-bond donors (Lipinski definition) is 0. The largest absolute Gasteiger partial charge is 0.492 e. The van der Waals surface area contributed by atoms with Crippen LogP contribution < -0.4 is 4.74 Å². The van der Waals surface area contributed by atoms with Crippen molar-refractivity contribution in [2.45, 2.75) is 46.0 Å². The van der Waals surface area contributed by atoms with Gasteiger partial charge in [0, 0.05) is 11.0 Å². The van der Waals surface area contributed by atoms with E-state index in [2.05, 4.69) is 36.2 Å². The van der Waals surface area contributed by atoms with Crippen LogP contribution in [0.2, 0.25) is 0 Å². The third kappa shape index (κ3) is 3.30. The summed E-state index contributed by atoms with van der Waals surface area (Å²) in [6.07, 6.45) is 2.47. The highest BCUT2D eigenvalue weighted by Gasteiger charge is 2.42. The molecule has 0 aliphatic carbocycles. The molecule has 2 nitrogen and oxygen atoms in total. The first kappa shape index (κ1) is 16.0. The van der Waals surface area contributed by atoms with Crippen molar-refractivity contribution in [1.29, 1.82) is 0 Å². The van der Waals surface area contributed by atoms with Crippen LogP contribution in [-0.2, 0) is 5.41 Å². The van der Waals surface area contributed by atoms with Crippen molar-refractivity contribution in [3.63, 3.8) is 0 Å². The monoisotopic (exact) mass is 263 g/mol. The van der Waals surface area contributed by atoms with Gasteiger partial charge in [-0.1, -0.05) is 45.9 Å². The molecule has 2 aliphatic rings. The van der Waals surface area contributed by atoms with E-state index in [0.29, 0.717) is 5.41 Å². The van der Waals surface area contributed by atoms with Gasteiger partial charge in [0.2, 0.25) is 0 Å². The van der Waals surface area contributed by atoms with Gasteiger partial charge in [-0.05, 0) is 39.0 Å². The van der Waals surface area contributed by atoms with Gasteiger partial charge in [0.15, 0.2) is 0 Å². The number of fused-ring (bicyclic) bond motifs is 2. The second kappa shape index (κ2) is 7.54. The molecule has 0 saturated carbocycles. The molecule has 0 amide bonds. The van der Waals surface area contributed by atoms with Crippen LogP contribution in [-0.4, -0.2) is 31.6 Å². The van der Waals surface area contributed by atoms with Crippen LogP contribution in [0.5, 0.6) is 5.75 Å². The van der Waals surface area contributed by atoms with Crippen LogP contribution in [0.3, 0.4) is 0 Å². The first-order valence-corrected chi connectivity index (χ1v) is 7.71. The molecule has 1 aromatic rings. The number of rotatable bonds is 0. The number of ether oxygens (including phenoxy) is 1. The van der Waals surface area contributed by atoms with E-state index < -0.39 is 0 Å². The van der Waals surface area contributed by atoms with E-state index in [1.165, 1.54) is 31.5 Å². The molecule has 0 unspecified atom stereocenters. The summed E-state index contributed by atoms with van der Waals surface area (Å²) in [6, 6.07) is 8.54. The van der Waals surface area contributed by atoms with Gasteiger partial charge < -0.3 is 9.64 Å². The van der Waals surface area contributed by atoms with Gasteiger partial charge in [-0.3, -0.25) is 0 Å². The molecule has 0 bridgehead atoms. The van der Waals surface area contributed by atoms with Crippen LogP contribution in [0.1, 0.15) is 46.1 Å². The normalized spacial score (nSPS) is 19.4. The van der Waals surface area contributed by atoms with Crippen LogP contribution >= 0.6 is 0 Å². The molecular formula is C17H29NO. The number of benzene rings is 1. The number of likely N-dealkylation sites (tertiary alicyclic amines) is 1. The second-order valence-corrected chi connectivity index (χ2v) is 4.87. The Labute approximate surface area is 118 Å². The zero-order valence-corrected chi connectivity index (χ0v) is 13.2. The van der Waals surface area contributed by atoms with Gasteiger partial charge in [-0.2, -0.15) is 0 Å². The van der Waals surface area contributed by atoms with Gasteiger partial charge >= 0.3 is 0 Å². The Morgan fingerprint density at radius 1 is 1.00 bits per heavy atom. The third-order valence-electron chi connectivity index (χ3n) is 3.91. The molecular weight excluding hydrogens is 234 g/mol. The molecule has 0 N–H and O–H groups in total. The molecule has 1 aromatic carbocycles. The van der Waals surface area contributed by atoms with Crippen molar-refractivity contribution in [2.24, 2.45) is 0 Å². The summed E-state index contributed by atoms with van der Waals surface area (Å²) in [7, 11) is 2.20. The van der Waals surface area contributed by atoms with Crippen molar-refractivity contribution >= 4 is 0 Å². The minimum Gasteiger partial charge on any atom is -0.492 e. The Bertz CT molecular complexity index is 367. The van der Waals surface area contributed by atoms with Crippen LogP contribution in [0.4, 0.5) is 0 Å². The Kier molecular flexibility index (Phi) is 6.36. The van der Waals surface area contributed by atoms with Crippen molar-refractivity contribution < 1.29 is 4.74 Å². The second-order valence-electron chi connectivity index (χ2n) is 4.87. The van der Waals surface area contributed by atoms with Crippen molar-refractivity contribution in [2.75, 3.05) is 26.7 Å². The van der Waals surface area contributed by atoms with Crippen LogP contribution in [0, 0.1) is 0 Å². The summed E-state index contributed by atoms with van der Waals surface area (Å²) < 4.78 is 5.81. The molecule has 1 spiro atoms. The fraction of sp³-hybridized carbons (Fsp3) is 0.647. The molecule has 19 heavy (non-hydrogen) atoms. The smallest absolute Gasteiger partial charge is 0.123 e. The molecule has 2 aliphatic heterocycles. The van der Waals surface area contributed by atoms with Gasteiger partial charge in [0.1, 0.15) is 5.75 Å². The Balaban J connectivity index is 0.000000415. The summed E-state index contributed by atoms with van der Waals surface area (Å²) >= 11 is 0. The predicted octanol–water partition coefficient (Wildman–Crippen LogP) is 4.09. The summed E-state index contributed by atoms with van der Waals surface area (Å²) in [5, 5.41) is 0. The van der Waals surface area contributed by atoms with E-state index in [1.807, 2.05) is 27.7 Å². The van der Waals surface area contributed by atoms with Gasteiger partial charge in [0.25, 0.3) is 0 Å². The molecule has 3 rings (SSSR count). The van der Waals surface area contributed by atoms with E-state index in [-0.39, 0.29) is 0 Å². The zero-order chi connectivity index (χ0) is 14.3. The molecule has 2 heteroatoms. The fourth-order valence-electron chi connectivity index (χ4n) is 2.78. The lowest BCUT2D eigenvalue weighted by molar-refractivity contribution is 0.155. The Hall–Kier alpha value is -1.02. The minimum atomic E-state index is 0.323. The molecule has 1 fully saturated rings. The summed E-state index contributed by atoms with van der Waals surface area (Å²) in [5.74, 6) is 1.11. The molecule has 1 saturated heterocycles. The minimum absolute atomic E-state index is 0.323. The maximum absolute atomic E-state index is 5.81. The Morgan fingerprint density at radius 3 is 2.21 bits per heavy atom. The lowest BCUT2D eigenvalue weighted by Gasteiger charge is -2.36. The van der Waals surface area contributed by atoms with Crippen molar-refractivity contribution in [3.05, 3.63) is 29.8 Å². The maximum atomic E-state index is 5.81. The lowest BCUT2D eigenvalue weighted by Crippen LogP contribution is -2.41. The van der Waals surface area contributed by atoms with Crippen molar-refractivity contribution in [1.82, 2.24) is 4.90 Å². The fourth-order valence-corrected chi connectivity index (χ4v) is 2.78. The standard InChI is InChI=1S/C13H17NO.2C2H6/c1-14-8-6-13(7-9-14)10-15-12-5-3-2-4-11(12)13;2*1-2/h2-5H,6-10H2,1H3;2*1-2H3. The first-order chi connectivity index (χ1) is 9.30.